The summed E-state index contributed by atoms with van der Waals surface area (Å²) in [7, 11) is 0. The van der Waals surface area contributed by atoms with Crippen molar-refractivity contribution in [1.82, 2.24) is 0 Å². The molecule has 0 amide bonds. The molecule has 1 heteroatoms. The van der Waals surface area contributed by atoms with Crippen LogP contribution in [-0.2, 0) is 0 Å². The molecule has 0 aromatic heterocycles. The molecule has 0 bridgehead atoms. The van der Waals surface area contributed by atoms with E-state index in [4.69, 9.17) is 0 Å². The van der Waals surface area contributed by atoms with Crippen LogP contribution in [0.2, 0.25) is 0 Å². The smallest absolute Gasteiger partial charge is 0.0416 e. The van der Waals surface area contributed by atoms with Gasteiger partial charge in [-0.2, -0.15) is 0 Å². The highest BCUT2D eigenvalue weighted by atomic mass is 14.9. The molecule has 0 aliphatic heterocycles. The van der Waals surface area contributed by atoms with Crippen molar-refractivity contribution >= 4 is 5.69 Å². The normalized spacial score (nSPS) is 13.1. The predicted molar refractivity (Wildman–Crippen MR) is 63.8 cm³/mol. The lowest BCUT2D eigenvalue weighted by Crippen LogP contribution is -2.12. The Bertz CT molecular complexity index is 326. The summed E-state index contributed by atoms with van der Waals surface area (Å²) in [5.74, 6) is 0. The maximum Gasteiger partial charge on any atom is 0.0416 e. The van der Waals surface area contributed by atoms with E-state index in [1.807, 2.05) is 6.92 Å². The molecule has 1 aromatic carbocycles. The largest absolute Gasteiger partial charge is 0.379 e. The van der Waals surface area contributed by atoms with E-state index in [1.165, 1.54) is 16.8 Å². The number of aryl methyl sites for hydroxylation is 2. The molecular weight excluding hydrogens is 170 g/mol. The fourth-order valence-corrected chi connectivity index (χ4v) is 1.56. The standard InChI is InChI=1S/C13H19N/c1-5-6-12(4)14-13-8-7-10(2)9-11(13)3/h5-9,12,14H,1-4H3/b6-5+. The first kappa shape index (κ1) is 10.8. The lowest BCUT2D eigenvalue weighted by Gasteiger charge is -2.14. The number of anilines is 1. The highest BCUT2D eigenvalue weighted by Gasteiger charge is 2.00. The van der Waals surface area contributed by atoms with Gasteiger partial charge >= 0.3 is 0 Å². The first-order valence-corrected chi connectivity index (χ1v) is 5.10. The Morgan fingerprint density at radius 2 is 2.00 bits per heavy atom. The van der Waals surface area contributed by atoms with Crippen LogP contribution >= 0.6 is 0 Å². The molecule has 0 aliphatic carbocycles. The minimum Gasteiger partial charge on any atom is -0.379 e. The third-order valence-corrected chi connectivity index (χ3v) is 2.25. The van der Waals surface area contributed by atoms with Gasteiger partial charge in [0.1, 0.15) is 0 Å². The molecule has 1 nitrogen and oxygen atoms in total. The lowest BCUT2D eigenvalue weighted by atomic mass is 10.1. The van der Waals surface area contributed by atoms with E-state index in [2.05, 4.69) is 56.4 Å². The zero-order valence-electron chi connectivity index (χ0n) is 9.46. The van der Waals surface area contributed by atoms with E-state index in [1.54, 1.807) is 0 Å². The second-order valence-corrected chi connectivity index (χ2v) is 3.78. The molecule has 1 unspecified atom stereocenters. The number of allylic oxidation sites excluding steroid dienone is 1. The van der Waals surface area contributed by atoms with Gasteiger partial charge in [-0.25, -0.2) is 0 Å². The van der Waals surface area contributed by atoms with E-state index in [0.717, 1.165) is 0 Å². The summed E-state index contributed by atoms with van der Waals surface area (Å²) in [5.41, 5.74) is 3.84. The Labute approximate surface area is 86.8 Å². The number of hydrogen-bond acceptors (Lipinski definition) is 1. The molecule has 1 atom stereocenters. The summed E-state index contributed by atoms with van der Waals surface area (Å²) in [6, 6.07) is 6.87. The van der Waals surface area contributed by atoms with Crippen molar-refractivity contribution < 1.29 is 0 Å². The van der Waals surface area contributed by atoms with Gasteiger partial charge in [-0.05, 0) is 39.3 Å². The van der Waals surface area contributed by atoms with E-state index < -0.39 is 0 Å². The van der Waals surface area contributed by atoms with Gasteiger partial charge in [0.25, 0.3) is 0 Å². The molecule has 14 heavy (non-hydrogen) atoms. The molecule has 1 rings (SSSR count). The molecule has 0 heterocycles. The van der Waals surface area contributed by atoms with Gasteiger partial charge in [-0.3, -0.25) is 0 Å². The van der Waals surface area contributed by atoms with Crippen LogP contribution in [0.25, 0.3) is 0 Å². The number of benzene rings is 1. The fourth-order valence-electron chi connectivity index (χ4n) is 1.56. The zero-order chi connectivity index (χ0) is 10.6. The van der Waals surface area contributed by atoms with Crippen molar-refractivity contribution in [3.8, 4) is 0 Å². The van der Waals surface area contributed by atoms with E-state index in [-0.39, 0.29) is 0 Å². The molecular formula is C13H19N. The second-order valence-electron chi connectivity index (χ2n) is 3.78. The van der Waals surface area contributed by atoms with Gasteiger partial charge in [-0.15, -0.1) is 0 Å². The van der Waals surface area contributed by atoms with Gasteiger partial charge in [-0.1, -0.05) is 29.8 Å². The van der Waals surface area contributed by atoms with Crippen molar-refractivity contribution in [1.29, 1.82) is 0 Å². The van der Waals surface area contributed by atoms with Crippen molar-refractivity contribution in [3.05, 3.63) is 41.5 Å². The Morgan fingerprint density at radius 1 is 1.29 bits per heavy atom. The van der Waals surface area contributed by atoms with Crippen molar-refractivity contribution in [2.45, 2.75) is 33.7 Å². The first-order chi connectivity index (χ1) is 6.63. The van der Waals surface area contributed by atoms with Crippen molar-refractivity contribution in [3.63, 3.8) is 0 Å². The Hall–Kier alpha value is -1.24. The van der Waals surface area contributed by atoms with Crippen LogP contribution in [0.4, 0.5) is 5.69 Å². The molecule has 0 spiro atoms. The molecule has 0 aliphatic rings. The highest BCUT2D eigenvalue weighted by Crippen LogP contribution is 2.16. The molecule has 0 fully saturated rings. The van der Waals surface area contributed by atoms with E-state index >= 15 is 0 Å². The summed E-state index contributed by atoms with van der Waals surface area (Å²) in [6.45, 7) is 8.45. The van der Waals surface area contributed by atoms with Crippen molar-refractivity contribution in [2.75, 3.05) is 5.32 Å². The van der Waals surface area contributed by atoms with Gasteiger partial charge in [0.15, 0.2) is 0 Å². The lowest BCUT2D eigenvalue weighted by molar-refractivity contribution is 0.991. The second kappa shape index (κ2) is 4.85. The summed E-state index contributed by atoms with van der Waals surface area (Å²) in [4.78, 5) is 0. The zero-order valence-corrected chi connectivity index (χ0v) is 9.46. The van der Waals surface area contributed by atoms with Gasteiger partial charge < -0.3 is 5.32 Å². The summed E-state index contributed by atoms with van der Waals surface area (Å²) >= 11 is 0. The monoisotopic (exact) mass is 189 g/mol. The summed E-state index contributed by atoms with van der Waals surface area (Å²) in [6.07, 6.45) is 4.22. The van der Waals surface area contributed by atoms with Crippen molar-refractivity contribution in [2.24, 2.45) is 0 Å². The van der Waals surface area contributed by atoms with Crippen LogP contribution in [0.1, 0.15) is 25.0 Å². The van der Waals surface area contributed by atoms with Crippen LogP contribution in [0.15, 0.2) is 30.4 Å². The summed E-state index contributed by atoms with van der Waals surface area (Å²) < 4.78 is 0. The van der Waals surface area contributed by atoms with Gasteiger partial charge in [0, 0.05) is 11.7 Å². The van der Waals surface area contributed by atoms with E-state index in [9.17, 15) is 0 Å². The minimum atomic E-state index is 0.390. The van der Waals surface area contributed by atoms with Crippen LogP contribution < -0.4 is 5.32 Å². The highest BCUT2D eigenvalue weighted by molar-refractivity contribution is 5.52. The number of hydrogen-bond donors (Lipinski definition) is 1. The average Bonchev–Trinajstić information content (AvgIpc) is 2.10. The minimum absolute atomic E-state index is 0.390. The molecule has 0 radical (unpaired) electrons. The maximum atomic E-state index is 3.45. The van der Waals surface area contributed by atoms with Crippen LogP contribution in [0.3, 0.4) is 0 Å². The third kappa shape index (κ3) is 2.91. The molecule has 1 N–H and O–H groups in total. The molecule has 0 saturated carbocycles. The SMILES string of the molecule is C/C=C/C(C)Nc1ccc(C)cc1C. The van der Waals surface area contributed by atoms with Gasteiger partial charge in [0.05, 0.1) is 0 Å². The number of nitrogens with one attached hydrogen (secondary N) is 1. The Kier molecular flexibility index (Phi) is 3.75. The molecule has 0 saturated heterocycles. The first-order valence-electron chi connectivity index (χ1n) is 5.10. The maximum absolute atomic E-state index is 3.45. The molecule has 1 aromatic rings. The number of rotatable bonds is 3. The summed E-state index contributed by atoms with van der Waals surface area (Å²) in [5, 5.41) is 3.45. The average molecular weight is 189 g/mol. The Morgan fingerprint density at radius 3 is 2.57 bits per heavy atom. The topological polar surface area (TPSA) is 12.0 Å². The van der Waals surface area contributed by atoms with Crippen LogP contribution in [0.5, 0.6) is 0 Å². The van der Waals surface area contributed by atoms with Gasteiger partial charge in [0.2, 0.25) is 0 Å². The van der Waals surface area contributed by atoms with E-state index in [0.29, 0.717) is 6.04 Å². The third-order valence-electron chi connectivity index (χ3n) is 2.25. The molecule has 76 valence electrons. The fraction of sp³-hybridized carbons (Fsp3) is 0.385. The van der Waals surface area contributed by atoms with Crippen LogP contribution in [0, 0.1) is 13.8 Å². The predicted octanol–water partition coefficient (Wildman–Crippen LogP) is 3.68. The van der Waals surface area contributed by atoms with Crippen LogP contribution in [-0.4, -0.2) is 6.04 Å². The quantitative estimate of drug-likeness (QED) is 0.715. The Balaban J connectivity index is 2.76.